The van der Waals surface area contributed by atoms with Crippen molar-refractivity contribution in [2.24, 2.45) is 0 Å². The van der Waals surface area contributed by atoms with Crippen molar-refractivity contribution in [1.29, 1.82) is 0 Å². The molecule has 5 nitrogen and oxygen atoms in total. The summed E-state index contributed by atoms with van der Waals surface area (Å²) in [5, 5.41) is 13.8. The second kappa shape index (κ2) is 10.3. The molecule has 3 rings (SSSR count). The lowest BCUT2D eigenvalue weighted by molar-refractivity contribution is -0.130. The topological polar surface area (TPSA) is 75.6 Å². The maximum Gasteiger partial charge on any atom is 0.229 e. The Morgan fingerprint density at radius 2 is 1.45 bits per heavy atom. The number of allylic oxidation sites excluding steroid dienone is 2. The molecule has 31 heavy (non-hydrogen) atoms. The number of halogens is 1. The quantitative estimate of drug-likeness (QED) is 0.277. The van der Waals surface area contributed by atoms with E-state index >= 15 is 0 Å². The maximum absolute atomic E-state index is 12.6. The molecule has 0 aliphatic rings. The molecule has 0 aromatic heterocycles. The first-order valence-corrected chi connectivity index (χ1v) is 9.77. The van der Waals surface area contributed by atoms with E-state index in [1.807, 2.05) is 30.3 Å². The van der Waals surface area contributed by atoms with E-state index in [4.69, 9.17) is 16.3 Å². The molecule has 3 aromatic rings. The molecule has 0 heterocycles. The van der Waals surface area contributed by atoms with Gasteiger partial charge in [0.2, 0.25) is 11.6 Å². The van der Waals surface area contributed by atoms with E-state index < -0.39 is 11.6 Å². The number of hydrogen-bond acceptors (Lipinski definition) is 5. The molecule has 0 unspecified atom stereocenters. The van der Waals surface area contributed by atoms with Gasteiger partial charge < -0.3 is 15.2 Å². The smallest absolute Gasteiger partial charge is 0.229 e. The first-order valence-electron chi connectivity index (χ1n) is 9.39. The van der Waals surface area contributed by atoms with Gasteiger partial charge in [-0.15, -0.1) is 0 Å². The normalized spacial score (nSPS) is 11.7. The average Bonchev–Trinajstić information content (AvgIpc) is 2.80. The van der Waals surface area contributed by atoms with Crippen molar-refractivity contribution in [3.05, 3.63) is 107 Å². The molecule has 6 heteroatoms. The molecule has 3 aromatic carbocycles. The van der Waals surface area contributed by atoms with Crippen molar-refractivity contribution < 1.29 is 19.4 Å². The summed E-state index contributed by atoms with van der Waals surface area (Å²) in [4.78, 5) is 25.0. The van der Waals surface area contributed by atoms with Crippen LogP contribution < -0.4 is 10.1 Å². The first kappa shape index (κ1) is 21.9. The number of carbonyl (C=O) groups excluding carboxylic acids is 2. The Kier molecular flexibility index (Phi) is 7.25. The second-order valence-electron chi connectivity index (χ2n) is 6.54. The predicted octanol–water partition coefficient (Wildman–Crippen LogP) is 5.54. The van der Waals surface area contributed by atoms with Gasteiger partial charge >= 0.3 is 0 Å². The van der Waals surface area contributed by atoms with Gasteiger partial charge in [0.05, 0.1) is 7.11 Å². The molecule has 0 bridgehead atoms. The standard InChI is InChI=1S/C25H20ClNO4/c1-31-21-13-11-20(12-14-21)27-22(17-5-3-2-4-6-17)15-24(29)25(30)16-23(28)18-7-9-19(26)10-8-18/h2-16,27-28H,1H3/b22-15+,23-16-. The van der Waals surface area contributed by atoms with Gasteiger partial charge in [-0.05, 0) is 54.1 Å². The van der Waals surface area contributed by atoms with Crippen LogP contribution in [0.4, 0.5) is 5.69 Å². The van der Waals surface area contributed by atoms with Gasteiger partial charge in [0, 0.05) is 34.1 Å². The molecule has 0 aliphatic heterocycles. The number of hydrogen-bond donors (Lipinski definition) is 2. The highest BCUT2D eigenvalue weighted by Crippen LogP contribution is 2.22. The zero-order valence-electron chi connectivity index (χ0n) is 16.7. The van der Waals surface area contributed by atoms with E-state index in [1.54, 1.807) is 55.6 Å². The van der Waals surface area contributed by atoms with Crippen LogP contribution in [0.2, 0.25) is 5.02 Å². The van der Waals surface area contributed by atoms with Crippen molar-refractivity contribution in [2.45, 2.75) is 0 Å². The van der Waals surface area contributed by atoms with Crippen molar-refractivity contribution in [1.82, 2.24) is 0 Å². The van der Waals surface area contributed by atoms with Gasteiger partial charge in [-0.25, -0.2) is 0 Å². The zero-order valence-corrected chi connectivity index (χ0v) is 17.5. The minimum absolute atomic E-state index is 0.312. The van der Waals surface area contributed by atoms with Crippen molar-refractivity contribution in [2.75, 3.05) is 12.4 Å². The van der Waals surface area contributed by atoms with Gasteiger partial charge in [-0.3, -0.25) is 9.59 Å². The fraction of sp³-hybridized carbons (Fsp3) is 0.0400. The molecule has 0 spiro atoms. The fourth-order valence-corrected chi connectivity index (χ4v) is 2.87. The molecule has 0 saturated heterocycles. The van der Waals surface area contributed by atoms with Gasteiger partial charge in [-0.1, -0.05) is 41.9 Å². The van der Waals surface area contributed by atoms with Crippen molar-refractivity contribution in [3.63, 3.8) is 0 Å². The van der Waals surface area contributed by atoms with Crippen LogP contribution in [0.3, 0.4) is 0 Å². The van der Waals surface area contributed by atoms with Crippen LogP contribution in [-0.4, -0.2) is 23.8 Å². The second-order valence-corrected chi connectivity index (χ2v) is 6.98. The summed E-state index contributed by atoms with van der Waals surface area (Å²) in [7, 11) is 1.58. The lowest BCUT2D eigenvalue weighted by Gasteiger charge is -2.12. The molecular formula is C25H20ClNO4. The molecule has 2 N–H and O–H groups in total. The number of anilines is 1. The number of nitrogens with one attached hydrogen (secondary N) is 1. The van der Waals surface area contributed by atoms with Crippen LogP contribution in [0.25, 0.3) is 11.5 Å². The van der Waals surface area contributed by atoms with E-state index in [2.05, 4.69) is 5.32 Å². The summed E-state index contributed by atoms with van der Waals surface area (Å²) < 4.78 is 5.16. The lowest BCUT2D eigenvalue weighted by Crippen LogP contribution is -2.11. The van der Waals surface area contributed by atoms with E-state index in [0.717, 1.165) is 17.3 Å². The number of aliphatic hydroxyl groups excluding tert-OH is 1. The Hall–Kier alpha value is -3.83. The zero-order chi connectivity index (χ0) is 22.2. The molecule has 156 valence electrons. The molecule has 0 radical (unpaired) electrons. The Morgan fingerprint density at radius 1 is 0.839 bits per heavy atom. The van der Waals surface area contributed by atoms with Crippen molar-refractivity contribution in [3.8, 4) is 5.75 Å². The molecule has 0 saturated carbocycles. The Labute approximate surface area is 185 Å². The minimum Gasteiger partial charge on any atom is -0.507 e. The summed E-state index contributed by atoms with van der Waals surface area (Å²) in [6, 6.07) is 22.6. The summed E-state index contributed by atoms with van der Waals surface area (Å²) in [5.74, 6) is -1.24. The number of aliphatic hydroxyl groups is 1. The predicted molar refractivity (Wildman–Crippen MR) is 123 cm³/mol. The van der Waals surface area contributed by atoms with Crippen LogP contribution in [-0.2, 0) is 9.59 Å². The number of benzene rings is 3. The van der Waals surface area contributed by atoms with E-state index in [1.165, 1.54) is 6.08 Å². The SMILES string of the molecule is COc1ccc(N/C(=C/C(=O)C(=O)/C=C(\O)c2ccc(Cl)cc2)c2ccccc2)cc1. The number of ether oxygens (including phenoxy) is 1. The van der Waals surface area contributed by atoms with Gasteiger partial charge in [0.25, 0.3) is 0 Å². The van der Waals surface area contributed by atoms with Crippen molar-refractivity contribution >= 4 is 40.3 Å². The van der Waals surface area contributed by atoms with Gasteiger partial charge in [0.15, 0.2) is 0 Å². The fourth-order valence-electron chi connectivity index (χ4n) is 2.74. The third-order valence-corrected chi connectivity index (χ3v) is 4.63. The monoisotopic (exact) mass is 433 g/mol. The van der Waals surface area contributed by atoms with E-state index in [-0.39, 0.29) is 5.76 Å². The van der Waals surface area contributed by atoms with Gasteiger partial charge in [-0.2, -0.15) is 0 Å². The largest absolute Gasteiger partial charge is 0.507 e. The van der Waals surface area contributed by atoms with Crippen LogP contribution >= 0.6 is 11.6 Å². The summed E-state index contributed by atoms with van der Waals surface area (Å²) >= 11 is 5.83. The number of carbonyl (C=O) groups is 2. The Morgan fingerprint density at radius 3 is 2.06 bits per heavy atom. The number of methoxy groups -OCH3 is 1. The highest BCUT2D eigenvalue weighted by atomic mass is 35.5. The summed E-state index contributed by atoms with van der Waals surface area (Å²) in [5.41, 5.74) is 2.28. The third kappa shape index (κ3) is 6.07. The van der Waals surface area contributed by atoms with Crippen LogP contribution in [0.15, 0.2) is 91.0 Å². The van der Waals surface area contributed by atoms with E-state index in [9.17, 15) is 14.7 Å². The van der Waals surface area contributed by atoms with Gasteiger partial charge in [0.1, 0.15) is 11.5 Å². The Balaban J connectivity index is 1.85. The number of ketones is 2. The minimum atomic E-state index is -0.850. The first-order chi connectivity index (χ1) is 15.0. The average molecular weight is 434 g/mol. The van der Waals surface area contributed by atoms with Crippen LogP contribution in [0.5, 0.6) is 5.75 Å². The van der Waals surface area contributed by atoms with E-state index in [0.29, 0.717) is 22.0 Å². The Bertz CT molecular complexity index is 1120. The van der Waals surface area contributed by atoms with Crippen LogP contribution in [0.1, 0.15) is 11.1 Å². The summed E-state index contributed by atoms with van der Waals surface area (Å²) in [6.45, 7) is 0. The lowest BCUT2D eigenvalue weighted by atomic mass is 10.1. The number of rotatable bonds is 8. The van der Waals surface area contributed by atoms with Crippen LogP contribution in [0, 0.1) is 0 Å². The molecule has 0 atom stereocenters. The molecule has 0 amide bonds. The maximum atomic E-state index is 12.6. The third-order valence-electron chi connectivity index (χ3n) is 4.38. The highest BCUT2D eigenvalue weighted by Gasteiger charge is 2.13. The molecule has 0 aliphatic carbocycles. The highest BCUT2D eigenvalue weighted by molar-refractivity contribution is 6.47. The summed E-state index contributed by atoms with van der Waals surface area (Å²) in [6.07, 6.45) is 2.12. The molecule has 0 fully saturated rings. The molecular weight excluding hydrogens is 414 g/mol.